The Balaban J connectivity index is 1.16. The molecule has 4 heteroatoms. The second kappa shape index (κ2) is 11.8. The van der Waals surface area contributed by atoms with Gasteiger partial charge in [-0.15, -0.1) is 0 Å². The monoisotopic (exact) mass is 759 g/mol. The van der Waals surface area contributed by atoms with Crippen molar-refractivity contribution < 1.29 is 13.6 Å². The molecule has 0 saturated carbocycles. The van der Waals surface area contributed by atoms with Crippen molar-refractivity contribution in [1.82, 2.24) is 4.40 Å². The molecule has 280 valence electrons. The van der Waals surface area contributed by atoms with E-state index in [-0.39, 0.29) is 12.0 Å². The molecule has 11 aromatic rings. The maximum atomic E-state index is 6.56. The lowest BCUT2D eigenvalue weighted by Gasteiger charge is -2.29. The van der Waals surface area contributed by atoms with Crippen molar-refractivity contribution >= 4 is 65.7 Å². The topological polar surface area (TPSA) is 25.3 Å². The zero-order valence-corrected chi connectivity index (χ0v) is 33.4. The quantitative estimate of drug-likeness (QED) is 0.153. The molecule has 6 aromatic carbocycles. The van der Waals surface area contributed by atoms with E-state index < -0.39 is 0 Å². The van der Waals surface area contributed by atoms with E-state index in [1.165, 1.54) is 105 Å². The van der Waals surface area contributed by atoms with Crippen molar-refractivity contribution in [1.29, 1.82) is 0 Å². The summed E-state index contributed by atoms with van der Waals surface area (Å²) in [6, 6.07) is 49.9. The average Bonchev–Trinajstić information content (AvgIpc) is 3.91. The minimum atomic E-state index is 0.0633. The Bertz CT molecular complexity index is 3610. The summed E-state index contributed by atoms with van der Waals surface area (Å²) >= 11 is 0. The van der Waals surface area contributed by atoms with Crippen molar-refractivity contribution in [2.24, 2.45) is 0 Å². The van der Waals surface area contributed by atoms with Crippen LogP contribution in [0.4, 0.5) is 0 Å². The highest BCUT2D eigenvalue weighted by atomic mass is 16.3. The van der Waals surface area contributed by atoms with Crippen LogP contribution < -0.4 is 9.13 Å². The first-order chi connectivity index (χ1) is 28.9. The fourth-order valence-corrected chi connectivity index (χ4v) is 11.6. The lowest BCUT2D eigenvalue weighted by molar-refractivity contribution is -0.727. The Kier molecular flexibility index (Phi) is 6.58. The molecule has 0 aliphatic carbocycles. The Morgan fingerprint density at radius 2 is 1.37 bits per heavy atom. The van der Waals surface area contributed by atoms with Crippen LogP contribution in [0.15, 0.2) is 157 Å². The van der Waals surface area contributed by atoms with Crippen molar-refractivity contribution in [3.05, 3.63) is 180 Å². The van der Waals surface area contributed by atoms with Gasteiger partial charge in [0.1, 0.15) is 11.2 Å². The number of hydrogen-bond donors (Lipinski definition) is 0. The second-order valence-electron chi connectivity index (χ2n) is 17.1. The minimum Gasteiger partial charge on any atom is -0.456 e. The molecule has 59 heavy (non-hydrogen) atoms. The van der Waals surface area contributed by atoms with Gasteiger partial charge in [-0.25, -0.2) is 0 Å². The highest BCUT2D eigenvalue weighted by Gasteiger charge is 2.46. The number of furan rings is 1. The summed E-state index contributed by atoms with van der Waals surface area (Å²) in [5.41, 5.74) is 20.9. The van der Waals surface area contributed by atoms with E-state index in [4.69, 9.17) is 11.0 Å². The van der Waals surface area contributed by atoms with Crippen LogP contribution in [-0.4, -0.2) is 4.40 Å². The van der Waals surface area contributed by atoms with Crippen LogP contribution in [0.3, 0.4) is 0 Å². The van der Waals surface area contributed by atoms with E-state index in [9.17, 15) is 0 Å². The van der Waals surface area contributed by atoms with Crippen LogP contribution in [0, 0.1) is 20.8 Å². The molecule has 5 aromatic heterocycles. The lowest BCUT2D eigenvalue weighted by atomic mass is 9.78. The van der Waals surface area contributed by atoms with E-state index in [0.717, 1.165) is 35.1 Å². The smallest absolute Gasteiger partial charge is 0.249 e. The molecule has 7 heterocycles. The zero-order valence-electron chi connectivity index (χ0n) is 33.4. The maximum absolute atomic E-state index is 6.56. The van der Waals surface area contributed by atoms with Crippen molar-refractivity contribution in [3.8, 4) is 33.6 Å². The van der Waals surface area contributed by atoms with Crippen molar-refractivity contribution in [2.45, 2.75) is 45.6 Å². The summed E-state index contributed by atoms with van der Waals surface area (Å²) in [6.07, 6.45) is 6.40. The highest BCUT2D eigenvalue weighted by molar-refractivity contribution is 6.31. The first-order valence-corrected chi connectivity index (χ1v) is 20.9. The number of fused-ring (bicyclic) bond motifs is 19. The van der Waals surface area contributed by atoms with Gasteiger partial charge in [0.05, 0.1) is 33.4 Å². The summed E-state index contributed by atoms with van der Waals surface area (Å²) < 4.78 is 14.0. The Hall–Kier alpha value is -7.04. The van der Waals surface area contributed by atoms with E-state index in [0.29, 0.717) is 0 Å². The number of allylic oxidation sites excluding steroid dienone is 1. The molecule has 13 rings (SSSR count). The summed E-state index contributed by atoms with van der Waals surface area (Å²) in [5, 5.41) is 7.41. The first kappa shape index (κ1) is 33.0. The van der Waals surface area contributed by atoms with Crippen molar-refractivity contribution in [3.63, 3.8) is 0 Å². The van der Waals surface area contributed by atoms with Gasteiger partial charge in [0.15, 0.2) is 12.4 Å². The number of aryl methyl sites for hydroxylation is 4. The number of hydrogen-bond acceptors (Lipinski definition) is 1. The van der Waals surface area contributed by atoms with Gasteiger partial charge in [-0.3, -0.25) is 0 Å². The number of rotatable bonds is 1. The number of benzene rings is 6. The molecule has 0 saturated heterocycles. The molecule has 0 N–H and O–H groups in total. The average molecular weight is 760 g/mol. The van der Waals surface area contributed by atoms with Gasteiger partial charge in [-0.1, -0.05) is 54.1 Å². The largest absolute Gasteiger partial charge is 0.456 e. The van der Waals surface area contributed by atoms with Gasteiger partial charge in [0.2, 0.25) is 23.1 Å². The molecule has 0 radical (unpaired) electrons. The summed E-state index contributed by atoms with van der Waals surface area (Å²) in [5.74, 6) is 0.245. The van der Waals surface area contributed by atoms with Gasteiger partial charge in [-0.05, 0) is 134 Å². The normalized spacial score (nSPS) is 16.3. The third-order valence-electron chi connectivity index (χ3n) is 13.8. The molecule has 0 amide bonds. The molecule has 2 atom stereocenters. The molecule has 0 spiro atoms. The zero-order chi connectivity index (χ0) is 39.3. The summed E-state index contributed by atoms with van der Waals surface area (Å²) in [6.45, 7) is 11.7. The third-order valence-corrected chi connectivity index (χ3v) is 13.8. The van der Waals surface area contributed by atoms with Crippen LogP contribution in [0.25, 0.3) is 99.4 Å². The van der Waals surface area contributed by atoms with Crippen LogP contribution in [0.1, 0.15) is 46.2 Å². The van der Waals surface area contributed by atoms with E-state index in [2.05, 4.69) is 180 Å². The van der Waals surface area contributed by atoms with Gasteiger partial charge in [0.25, 0.3) is 0 Å². The molecule has 4 nitrogen and oxygen atoms in total. The predicted octanol–water partition coefficient (Wildman–Crippen LogP) is 13.0. The highest BCUT2D eigenvalue weighted by Crippen LogP contribution is 2.49. The van der Waals surface area contributed by atoms with Gasteiger partial charge >= 0.3 is 0 Å². The lowest BCUT2D eigenvalue weighted by Crippen LogP contribution is -2.53. The number of para-hydroxylation sites is 1. The molecule has 0 fully saturated rings. The first-order valence-electron chi connectivity index (χ1n) is 20.9. The van der Waals surface area contributed by atoms with E-state index in [1.54, 1.807) is 0 Å². The van der Waals surface area contributed by atoms with Crippen LogP contribution in [0.2, 0.25) is 0 Å². The number of nitrogens with zero attached hydrogens (tertiary/aromatic N) is 3. The predicted molar refractivity (Wildman–Crippen MR) is 241 cm³/mol. The van der Waals surface area contributed by atoms with E-state index in [1.807, 2.05) is 0 Å². The SMILES string of the molecule is C=C1C2C(CCc3cc4c(cc3-c3cccc[n+]31)c1cc(-c3c(C)cc(C)cc3C)cc3c5ccc6oc7ccccc7c6c5n4c13)c1ccccc1-c1cccc[n+]12. The van der Waals surface area contributed by atoms with Crippen molar-refractivity contribution in [2.75, 3.05) is 0 Å². The molecule has 2 unspecified atom stereocenters. The molecular formula is C55H41N3O+2. The minimum absolute atomic E-state index is 0.0633. The Morgan fingerprint density at radius 1 is 0.627 bits per heavy atom. The number of pyridine rings is 2. The summed E-state index contributed by atoms with van der Waals surface area (Å²) in [7, 11) is 0. The van der Waals surface area contributed by atoms with Gasteiger partial charge < -0.3 is 8.82 Å². The van der Waals surface area contributed by atoms with Crippen LogP contribution >= 0.6 is 0 Å². The maximum Gasteiger partial charge on any atom is 0.249 e. The molecule has 2 aliphatic heterocycles. The number of aromatic nitrogens is 3. The second-order valence-corrected chi connectivity index (χ2v) is 17.1. The Labute approximate surface area is 341 Å². The van der Waals surface area contributed by atoms with Crippen LogP contribution in [0.5, 0.6) is 0 Å². The standard InChI is InChI=1S/C55H41N3O/c1-31-25-32(2)51(33(3)26-31)36-27-44-40-21-22-50-52(41-15-7-8-18-49(41)59-50)55(40)58-48-29-35-19-20-39-37-13-5-6-14-38(37)46-16-10-12-24-57(46)53(39)34(4)56-23-11-9-17-47(56)42(35)30-43(48)45(28-36)54(44)58/h5-18,21-30,39,53H,4,19-20H2,1-3H3/q+2. The summed E-state index contributed by atoms with van der Waals surface area (Å²) in [4.78, 5) is 0. The van der Waals surface area contributed by atoms with Crippen LogP contribution in [-0.2, 0) is 6.42 Å². The molecule has 2 aliphatic rings. The van der Waals surface area contributed by atoms with Gasteiger partial charge in [-0.2, -0.15) is 9.13 Å². The fourth-order valence-electron chi connectivity index (χ4n) is 11.6. The Morgan fingerprint density at radius 3 is 2.24 bits per heavy atom. The van der Waals surface area contributed by atoms with Gasteiger partial charge in [0, 0.05) is 56.8 Å². The van der Waals surface area contributed by atoms with E-state index >= 15 is 0 Å². The molecular weight excluding hydrogens is 719 g/mol. The third kappa shape index (κ3) is 4.38. The fraction of sp³-hybridized carbons (Fsp3) is 0.127. The molecule has 0 bridgehead atoms.